The van der Waals surface area contributed by atoms with Crippen molar-refractivity contribution >= 4 is 5.69 Å². The summed E-state index contributed by atoms with van der Waals surface area (Å²) in [5.74, 6) is 0.868. The zero-order valence-corrected chi connectivity index (χ0v) is 19.6. The second kappa shape index (κ2) is 12.7. The highest BCUT2D eigenvalue weighted by molar-refractivity contribution is 5.71. The van der Waals surface area contributed by atoms with Crippen molar-refractivity contribution in [2.24, 2.45) is 0 Å². The third kappa shape index (κ3) is 7.05. The predicted molar refractivity (Wildman–Crippen MR) is 135 cm³/mol. The number of hydrogen-bond acceptors (Lipinski definition) is 6. The Morgan fingerprint density at radius 1 is 1.03 bits per heavy atom. The maximum absolute atomic E-state index is 9.66. The van der Waals surface area contributed by atoms with Crippen LogP contribution in [-0.4, -0.2) is 55.9 Å². The van der Waals surface area contributed by atoms with Crippen molar-refractivity contribution in [3.8, 4) is 22.9 Å². The molecule has 34 heavy (non-hydrogen) atoms. The van der Waals surface area contributed by atoms with Crippen LogP contribution in [0.1, 0.15) is 24.0 Å². The molecular formula is C28H32N4O2. The van der Waals surface area contributed by atoms with Gasteiger partial charge in [0.15, 0.2) is 0 Å². The van der Waals surface area contributed by atoms with E-state index in [4.69, 9.17) is 9.47 Å². The molecule has 1 aliphatic rings. The Labute approximate surface area is 202 Å². The standard InChI is InChI=1S/C28H32N4O2/c29-21-26-20-25(8-11-28(26)31-13-14-32-15-18-33-19-16-32)24-6-9-27(10-7-24)34-17-2-1-4-23-5-3-12-30-22-23/h3,5-12,20,22,31H,1-2,4,13-19H2. The third-order valence-corrected chi connectivity index (χ3v) is 6.03. The van der Waals surface area contributed by atoms with Crippen LogP contribution in [0.4, 0.5) is 5.69 Å². The summed E-state index contributed by atoms with van der Waals surface area (Å²) in [6.45, 7) is 5.99. The number of hydrogen-bond donors (Lipinski definition) is 1. The lowest BCUT2D eigenvalue weighted by molar-refractivity contribution is 0.0398. The van der Waals surface area contributed by atoms with Gasteiger partial charge in [-0.25, -0.2) is 0 Å². The lowest BCUT2D eigenvalue weighted by Crippen LogP contribution is -2.39. The smallest absolute Gasteiger partial charge is 0.119 e. The Kier molecular flexibility index (Phi) is 8.90. The Morgan fingerprint density at radius 2 is 1.85 bits per heavy atom. The number of aromatic nitrogens is 1. The van der Waals surface area contributed by atoms with E-state index in [1.54, 1.807) is 6.20 Å². The lowest BCUT2D eigenvalue weighted by Gasteiger charge is -2.26. The Bertz CT molecular complexity index is 1060. The Morgan fingerprint density at radius 3 is 2.62 bits per heavy atom. The van der Waals surface area contributed by atoms with E-state index in [9.17, 15) is 5.26 Å². The predicted octanol–water partition coefficient (Wildman–Crippen LogP) is 4.77. The van der Waals surface area contributed by atoms with E-state index in [0.717, 1.165) is 81.2 Å². The van der Waals surface area contributed by atoms with Crippen LogP contribution in [0.3, 0.4) is 0 Å². The molecule has 0 saturated carbocycles. The SMILES string of the molecule is N#Cc1cc(-c2ccc(OCCCCc3cccnc3)cc2)ccc1NCCN1CCOCC1. The topological polar surface area (TPSA) is 70.4 Å². The zero-order valence-electron chi connectivity index (χ0n) is 19.6. The average molecular weight is 457 g/mol. The number of anilines is 1. The molecule has 3 aromatic rings. The summed E-state index contributed by atoms with van der Waals surface area (Å²) in [4.78, 5) is 6.53. The lowest BCUT2D eigenvalue weighted by atomic mass is 10.0. The molecule has 0 unspecified atom stereocenters. The summed E-state index contributed by atoms with van der Waals surface area (Å²) in [5.41, 5.74) is 4.90. The minimum Gasteiger partial charge on any atom is -0.494 e. The summed E-state index contributed by atoms with van der Waals surface area (Å²) in [5, 5.41) is 13.1. The fourth-order valence-electron chi connectivity index (χ4n) is 4.05. The van der Waals surface area contributed by atoms with Gasteiger partial charge < -0.3 is 14.8 Å². The van der Waals surface area contributed by atoms with Crippen LogP contribution in [-0.2, 0) is 11.2 Å². The van der Waals surface area contributed by atoms with Gasteiger partial charge in [0.05, 0.1) is 31.1 Å². The molecule has 1 fully saturated rings. The van der Waals surface area contributed by atoms with Crippen molar-refractivity contribution in [3.63, 3.8) is 0 Å². The fraction of sp³-hybridized carbons (Fsp3) is 0.357. The first-order valence-corrected chi connectivity index (χ1v) is 12.0. The molecule has 6 heteroatoms. The molecule has 6 nitrogen and oxygen atoms in total. The van der Waals surface area contributed by atoms with Crippen molar-refractivity contribution in [3.05, 3.63) is 78.1 Å². The number of pyridine rings is 1. The Balaban J connectivity index is 1.24. The van der Waals surface area contributed by atoms with Crippen molar-refractivity contribution in [2.45, 2.75) is 19.3 Å². The van der Waals surface area contributed by atoms with E-state index >= 15 is 0 Å². The molecule has 1 saturated heterocycles. The molecule has 1 aromatic heterocycles. The first-order chi connectivity index (χ1) is 16.8. The van der Waals surface area contributed by atoms with E-state index < -0.39 is 0 Å². The highest BCUT2D eigenvalue weighted by Crippen LogP contribution is 2.27. The van der Waals surface area contributed by atoms with Gasteiger partial charge in [0, 0.05) is 38.6 Å². The second-order valence-corrected chi connectivity index (χ2v) is 8.44. The number of nitrogens with zero attached hydrogens (tertiary/aromatic N) is 3. The number of ether oxygens (including phenoxy) is 2. The molecule has 1 aliphatic heterocycles. The normalized spacial score (nSPS) is 13.9. The number of nitrogens with one attached hydrogen (secondary N) is 1. The number of unbranched alkanes of at least 4 members (excludes halogenated alkanes) is 1. The maximum atomic E-state index is 9.66. The minimum atomic E-state index is 0.661. The molecule has 2 heterocycles. The number of morpholine rings is 1. The van der Waals surface area contributed by atoms with Gasteiger partial charge in [-0.15, -0.1) is 0 Å². The van der Waals surface area contributed by atoms with Crippen molar-refractivity contribution in [1.29, 1.82) is 5.26 Å². The maximum Gasteiger partial charge on any atom is 0.119 e. The van der Waals surface area contributed by atoms with E-state index in [-0.39, 0.29) is 0 Å². The number of benzene rings is 2. The molecular weight excluding hydrogens is 424 g/mol. The molecule has 0 aliphatic carbocycles. The molecule has 0 radical (unpaired) electrons. The van der Waals surface area contributed by atoms with Crippen molar-refractivity contribution < 1.29 is 9.47 Å². The van der Waals surface area contributed by atoms with Gasteiger partial charge in [-0.05, 0) is 66.3 Å². The van der Waals surface area contributed by atoms with E-state index in [1.807, 2.05) is 48.7 Å². The van der Waals surface area contributed by atoms with E-state index in [2.05, 4.69) is 33.4 Å². The second-order valence-electron chi connectivity index (χ2n) is 8.44. The Hall–Kier alpha value is -3.40. The molecule has 0 atom stereocenters. The van der Waals surface area contributed by atoms with Gasteiger partial charge >= 0.3 is 0 Å². The summed E-state index contributed by atoms with van der Waals surface area (Å²) < 4.78 is 11.3. The molecule has 4 rings (SSSR count). The summed E-state index contributed by atoms with van der Waals surface area (Å²) >= 11 is 0. The van der Waals surface area contributed by atoms with Gasteiger partial charge in [-0.2, -0.15) is 5.26 Å². The van der Waals surface area contributed by atoms with Gasteiger partial charge in [0.1, 0.15) is 11.8 Å². The van der Waals surface area contributed by atoms with Crippen LogP contribution < -0.4 is 10.1 Å². The van der Waals surface area contributed by atoms with Gasteiger partial charge in [-0.1, -0.05) is 24.3 Å². The van der Waals surface area contributed by atoms with Gasteiger partial charge in [0.2, 0.25) is 0 Å². The zero-order chi connectivity index (χ0) is 23.4. The van der Waals surface area contributed by atoms with E-state index in [1.165, 1.54) is 5.56 Å². The first kappa shape index (κ1) is 23.7. The van der Waals surface area contributed by atoms with Gasteiger partial charge in [-0.3, -0.25) is 9.88 Å². The van der Waals surface area contributed by atoms with Crippen LogP contribution in [0.2, 0.25) is 0 Å². The summed E-state index contributed by atoms with van der Waals surface area (Å²) in [7, 11) is 0. The van der Waals surface area contributed by atoms with Crippen molar-refractivity contribution in [1.82, 2.24) is 9.88 Å². The molecule has 1 N–H and O–H groups in total. The average Bonchev–Trinajstić information content (AvgIpc) is 2.90. The molecule has 0 amide bonds. The highest BCUT2D eigenvalue weighted by Gasteiger charge is 2.10. The number of rotatable bonds is 11. The van der Waals surface area contributed by atoms with E-state index in [0.29, 0.717) is 12.2 Å². The summed E-state index contributed by atoms with van der Waals surface area (Å²) in [6.07, 6.45) is 6.83. The number of nitriles is 1. The van der Waals surface area contributed by atoms with Crippen LogP contribution in [0.25, 0.3) is 11.1 Å². The third-order valence-electron chi connectivity index (χ3n) is 6.03. The molecule has 2 aromatic carbocycles. The van der Waals surface area contributed by atoms with Crippen LogP contribution in [0.5, 0.6) is 5.75 Å². The summed E-state index contributed by atoms with van der Waals surface area (Å²) in [6, 6.07) is 20.5. The highest BCUT2D eigenvalue weighted by atomic mass is 16.5. The van der Waals surface area contributed by atoms with Gasteiger partial charge in [0.25, 0.3) is 0 Å². The van der Waals surface area contributed by atoms with Crippen molar-refractivity contribution in [2.75, 3.05) is 51.3 Å². The number of aryl methyl sites for hydroxylation is 1. The first-order valence-electron chi connectivity index (χ1n) is 12.0. The van der Waals surface area contributed by atoms with Crippen LogP contribution >= 0.6 is 0 Å². The fourth-order valence-corrected chi connectivity index (χ4v) is 4.05. The largest absolute Gasteiger partial charge is 0.494 e. The molecule has 0 spiro atoms. The van der Waals surface area contributed by atoms with Crippen LogP contribution in [0.15, 0.2) is 67.0 Å². The molecule has 0 bridgehead atoms. The van der Waals surface area contributed by atoms with Crippen LogP contribution in [0, 0.1) is 11.3 Å². The minimum absolute atomic E-state index is 0.661. The molecule has 176 valence electrons. The quantitative estimate of drug-likeness (QED) is 0.419. The monoisotopic (exact) mass is 456 g/mol.